The van der Waals surface area contributed by atoms with Crippen LogP contribution in [0.15, 0.2) is 0 Å². The van der Waals surface area contributed by atoms with E-state index in [9.17, 15) is 19.7 Å². The van der Waals surface area contributed by atoms with E-state index in [0.717, 1.165) is 32.1 Å². The number of hydrogen-bond acceptors (Lipinski definition) is 6. The number of hydrogen-bond donors (Lipinski definition) is 0. The highest BCUT2D eigenvalue weighted by Gasteiger charge is 2.64. The summed E-state index contributed by atoms with van der Waals surface area (Å²) in [6.07, 6.45) is 6.10. The van der Waals surface area contributed by atoms with Crippen LogP contribution >= 0.6 is 0 Å². The van der Waals surface area contributed by atoms with E-state index in [2.05, 4.69) is 13.8 Å². The molecule has 0 aromatic carbocycles. The Hall–Kier alpha value is -1.50. The molecule has 7 heteroatoms. The van der Waals surface area contributed by atoms with Crippen molar-refractivity contribution in [3.05, 3.63) is 10.1 Å². The average Bonchev–Trinajstić information content (AvgIpc) is 2.98. The minimum Gasteiger partial charge on any atom is -0.377 e. The molecule has 0 bridgehead atoms. The zero-order chi connectivity index (χ0) is 21.0. The van der Waals surface area contributed by atoms with Crippen molar-refractivity contribution in [2.45, 2.75) is 71.3 Å². The molecular weight excluding hydrogens is 374 g/mol. The second kappa shape index (κ2) is 7.33. The number of fused-ring (bicyclic) bond motifs is 5. The highest BCUT2D eigenvalue weighted by molar-refractivity contribution is 5.88. The fraction of sp³-hybridized carbons (Fsp3) is 0.909. The highest BCUT2D eigenvalue weighted by Crippen LogP contribution is 2.66. The molecule has 4 rings (SSSR count). The number of ketones is 2. The SMILES string of the molecule is COCC(=O)[C@H]1CC[C@H]2[C@@H]3CC[C@H]4C[C@H](O[N+](=O)[O-])CC[C@]4(C)[C@H]3C(=O)C[C@]12C. The summed E-state index contributed by atoms with van der Waals surface area (Å²) in [5.74, 6) is 1.42. The summed E-state index contributed by atoms with van der Waals surface area (Å²) in [6, 6.07) is 0. The topological polar surface area (TPSA) is 95.7 Å². The largest absolute Gasteiger partial charge is 0.377 e. The standard InChI is InChI=1S/C22H33NO6/c1-21-9-8-14(29-23(26)27)10-13(21)4-5-15-16-6-7-17(19(25)12-28-3)22(16,2)11-18(24)20(15)21/h13-17,20H,4-12H2,1-3H3/t13-,14+,15-,16-,17+,20+,21-,22-/m0/s1. The van der Waals surface area contributed by atoms with Gasteiger partial charge in [0.15, 0.2) is 5.78 Å². The van der Waals surface area contributed by atoms with Crippen LogP contribution in [0.4, 0.5) is 0 Å². The van der Waals surface area contributed by atoms with Crippen LogP contribution in [0.2, 0.25) is 0 Å². The lowest BCUT2D eigenvalue weighted by atomic mass is 9.44. The number of carbonyl (C=O) groups excluding carboxylic acids is 2. The minimum atomic E-state index is -0.675. The smallest absolute Gasteiger partial charge is 0.294 e. The molecule has 0 N–H and O–H groups in total. The monoisotopic (exact) mass is 407 g/mol. The predicted octanol–water partition coefficient (Wildman–Crippen LogP) is 3.62. The van der Waals surface area contributed by atoms with Crippen molar-refractivity contribution in [3.63, 3.8) is 0 Å². The van der Waals surface area contributed by atoms with Gasteiger partial charge in [0.25, 0.3) is 5.09 Å². The summed E-state index contributed by atoms with van der Waals surface area (Å²) >= 11 is 0. The lowest BCUT2D eigenvalue weighted by Crippen LogP contribution is -2.58. The van der Waals surface area contributed by atoms with E-state index in [1.54, 1.807) is 7.11 Å². The number of methoxy groups -OCH3 is 1. The zero-order valence-electron chi connectivity index (χ0n) is 17.7. The third-order valence-corrected chi connectivity index (χ3v) is 9.21. The first-order chi connectivity index (χ1) is 13.7. The lowest BCUT2D eigenvalue weighted by Gasteiger charge is -2.59. The van der Waals surface area contributed by atoms with Crippen LogP contribution < -0.4 is 0 Å². The van der Waals surface area contributed by atoms with Gasteiger partial charge in [-0.1, -0.05) is 13.8 Å². The Labute approximate surface area is 172 Å². The third-order valence-electron chi connectivity index (χ3n) is 9.21. The Morgan fingerprint density at radius 3 is 2.62 bits per heavy atom. The molecule has 8 atom stereocenters. The summed E-state index contributed by atoms with van der Waals surface area (Å²) < 4.78 is 5.10. The Bertz CT molecular complexity index is 709. The maximum absolute atomic E-state index is 13.5. The molecule has 0 aromatic rings. The fourth-order valence-electron chi connectivity index (χ4n) is 8.02. The van der Waals surface area contributed by atoms with Gasteiger partial charge in [-0.3, -0.25) is 9.59 Å². The molecule has 4 saturated carbocycles. The summed E-state index contributed by atoms with van der Waals surface area (Å²) in [4.78, 5) is 41.9. The van der Waals surface area contributed by atoms with E-state index < -0.39 is 5.09 Å². The first kappa shape index (κ1) is 20.8. The van der Waals surface area contributed by atoms with Crippen molar-refractivity contribution in [1.82, 2.24) is 0 Å². The van der Waals surface area contributed by atoms with Gasteiger partial charge in [-0.25, -0.2) is 0 Å². The van der Waals surface area contributed by atoms with Gasteiger partial charge in [0.05, 0.1) is 0 Å². The van der Waals surface area contributed by atoms with Crippen molar-refractivity contribution in [1.29, 1.82) is 0 Å². The summed E-state index contributed by atoms with van der Waals surface area (Å²) in [5.41, 5.74) is -0.352. The quantitative estimate of drug-likeness (QED) is 0.510. The third kappa shape index (κ3) is 3.20. The average molecular weight is 408 g/mol. The molecule has 0 aromatic heterocycles. The van der Waals surface area contributed by atoms with Gasteiger partial charge in [0.1, 0.15) is 18.5 Å². The number of Topliss-reactive ketones (excluding diaryl/α,β-unsaturated/α-hetero) is 2. The van der Waals surface area contributed by atoms with Crippen molar-refractivity contribution < 1.29 is 24.3 Å². The second-order valence-corrected chi connectivity index (χ2v) is 10.4. The van der Waals surface area contributed by atoms with E-state index in [1.807, 2.05) is 0 Å². The number of carbonyl (C=O) groups is 2. The molecule has 162 valence electrons. The van der Waals surface area contributed by atoms with Gasteiger partial charge in [-0.05, 0) is 73.5 Å². The first-order valence-electron chi connectivity index (χ1n) is 11.1. The maximum Gasteiger partial charge on any atom is 0.294 e. The van der Waals surface area contributed by atoms with Gasteiger partial charge in [0.2, 0.25) is 0 Å². The molecule has 29 heavy (non-hydrogen) atoms. The van der Waals surface area contributed by atoms with E-state index in [0.29, 0.717) is 42.8 Å². The molecule has 7 nitrogen and oxygen atoms in total. The van der Waals surface area contributed by atoms with Crippen LogP contribution in [0.3, 0.4) is 0 Å². The molecule has 0 radical (unpaired) electrons. The van der Waals surface area contributed by atoms with Gasteiger partial charge in [-0.15, -0.1) is 10.1 Å². The normalized spacial score (nSPS) is 46.4. The van der Waals surface area contributed by atoms with Crippen molar-refractivity contribution in [2.75, 3.05) is 13.7 Å². The van der Waals surface area contributed by atoms with Crippen molar-refractivity contribution in [2.24, 2.45) is 40.4 Å². The van der Waals surface area contributed by atoms with E-state index in [4.69, 9.17) is 9.57 Å². The molecule has 4 fully saturated rings. The number of nitrogens with zero attached hydrogens (tertiary/aromatic N) is 1. The molecule has 0 unspecified atom stereocenters. The van der Waals surface area contributed by atoms with E-state index in [-0.39, 0.29) is 41.2 Å². The zero-order valence-corrected chi connectivity index (χ0v) is 17.7. The summed E-state index contributed by atoms with van der Waals surface area (Å²) in [6.45, 7) is 4.53. The van der Waals surface area contributed by atoms with Gasteiger partial charge in [0, 0.05) is 25.4 Å². The second-order valence-electron chi connectivity index (χ2n) is 10.4. The van der Waals surface area contributed by atoms with E-state index in [1.165, 1.54) is 0 Å². The summed E-state index contributed by atoms with van der Waals surface area (Å²) in [5, 5.41) is 10.1. The molecule has 0 aliphatic heterocycles. The van der Waals surface area contributed by atoms with Crippen LogP contribution in [0.25, 0.3) is 0 Å². The molecule has 0 heterocycles. The fourth-order valence-corrected chi connectivity index (χ4v) is 8.02. The molecule has 4 aliphatic carbocycles. The Morgan fingerprint density at radius 2 is 1.93 bits per heavy atom. The Morgan fingerprint density at radius 1 is 1.17 bits per heavy atom. The number of rotatable bonds is 5. The van der Waals surface area contributed by atoms with E-state index >= 15 is 0 Å². The highest BCUT2D eigenvalue weighted by atomic mass is 17.0. The molecule has 4 aliphatic rings. The van der Waals surface area contributed by atoms with Gasteiger partial charge >= 0.3 is 0 Å². The Kier molecular flexibility index (Phi) is 5.24. The van der Waals surface area contributed by atoms with Crippen molar-refractivity contribution in [3.8, 4) is 0 Å². The predicted molar refractivity (Wildman–Crippen MR) is 104 cm³/mol. The van der Waals surface area contributed by atoms with Gasteiger partial charge < -0.3 is 9.57 Å². The van der Waals surface area contributed by atoms with Crippen LogP contribution in [0, 0.1) is 50.5 Å². The minimum absolute atomic E-state index is 0.0205. The van der Waals surface area contributed by atoms with Crippen LogP contribution in [-0.4, -0.2) is 36.5 Å². The first-order valence-corrected chi connectivity index (χ1v) is 11.1. The Balaban J connectivity index is 1.57. The maximum atomic E-state index is 13.5. The molecule has 0 saturated heterocycles. The van der Waals surface area contributed by atoms with Crippen LogP contribution in [-0.2, 0) is 19.2 Å². The molecule has 0 amide bonds. The van der Waals surface area contributed by atoms with Crippen LogP contribution in [0.5, 0.6) is 0 Å². The molecular formula is C22H33NO6. The summed E-state index contributed by atoms with van der Waals surface area (Å²) in [7, 11) is 1.55. The van der Waals surface area contributed by atoms with Crippen molar-refractivity contribution >= 4 is 11.6 Å². The number of ether oxygens (including phenoxy) is 1. The molecule has 0 spiro atoms. The van der Waals surface area contributed by atoms with Gasteiger partial charge in [-0.2, -0.15) is 0 Å². The van der Waals surface area contributed by atoms with Crippen LogP contribution in [0.1, 0.15) is 65.2 Å². The lowest BCUT2D eigenvalue weighted by molar-refractivity contribution is -0.770.